The second kappa shape index (κ2) is 5.24. The quantitative estimate of drug-likeness (QED) is 0.635. The smallest absolute Gasteiger partial charge is 0.327 e. The van der Waals surface area contributed by atoms with Gasteiger partial charge in [-0.1, -0.05) is 6.07 Å². The molecule has 1 N–H and O–H groups in total. The van der Waals surface area contributed by atoms with Gasteiger partial charge in [0.2, 0.25) is 11.7 Å². The lowest BCUT2D eigenvalue weighted by molar-refractivity contribution is -0.386. The molecule has 1 aromatic carbocycles. The first kappa shape index (κ1) is 12.9. The van der Waals surface area contributed by atoms with E-state index >= 15 is 0 Å². The normalized spacial score (nSPS) is 9.82. The highest BCUT2D eigenvalue weighted by atomic mass is 19.1. The van der Waals surface area contributed by atoms with E-state index < -0.39 is 16.4 Å². The maximum absolute atomic E-state index is 13.2. The first-order valence-corrected chi connectivity index (χ1v) is 4.80. The summed E-state index contributed by atoms with van der Waals surface area (Å²) in [6.07, 6.45) is 0. The molecular weight excluding hydrogens is 229 g/mol. The van der Waals surface area contributed by atoms with Crippen LogP contribution in [0.2, 0.25) is 0 Å². The minimum Gasteiger partial charge on any atom is -0.370 e. The highest BCUT2D eigenvalue weighted by Gasteiger charge is 2.20. The number of hydrogen-bond donors (Lipinski definition) is 1. The monoisotopic (exact) mass is 241 g/mol. The van der Waals surface area contributed by atoms with Crippen LogP contribution in [-0.2, 0) is 4.79 Å². The Hall–Kier alpha value is -2.18. The molecule has 7 heteroatoms. The number of amides is 1. The van der Waals surface area contributed by atoms with Crippen LogP contribution in [0.25, 0.3) is 0 Å². The molecule has 0 bridgehead atoms. The number of benzene rings is 1. The van der Waals surface area contributed by atoms with Crippen molar-refractivity contribution in [1.29, 1.82) is 0 Å². The summed E-state index contributed by atoms with van der Waals surface area (Å²) >= 11 is 0. The number of halogens is 1. The molecule has 0 aliphatic heterocycles. The van der Waals surface area contributed by atoms with E-state index in [9.17, 15) is 19.3 Å². The lowest BCUT2D eigenvalue weighted by Gasteiger charge is -2.11. The fourth-order valence-corrected chi connectivity index (χ4v) is 1.17. The van der Waals surface area contributed by atoms with Gasteiger partial charge in [0.1, 0.15) is 5.69 Å². The number of anilines is 1. The summed E-state index contributed by atoms with van der Waals surface area (Å²) < 4.78 is 13.2. The summed E-state index contributed by atoms with van der Waals surface area (Å²) in [4.78, 5) is 22.4. The van der Waals surface area contributed by atoms with Gasteiger partial charge in [-0.2, -0.15) is 4.39 Å². The van der Waals surface area contributed by atoms with Crippen molar-refractivity contribution in [2.75, 3.05) is 26.0 Å². The largest absolute Gasteiger partial charge is 0.370 e. The molecule has 1 amide bonds. The molecule has 0 aromatic heterocycles. The second-order valence-corrected chi connectivity index (χ2v) is 3.53. The number of para-hydroxylation sites is 1. The van der Waals surface area contributed by atoms with E-state index in [1.165, 1.54) is 17.0 Å². The van der Waals surface area contributed by atoms with Crippen LogP contribution in [0.15, 0.2) is 18.2 Å². The van der Waals surface area contributed by atoms with E-state index in [1.54, 1.807) is 14.1 Å². The Labute approximate surface area is 97.2 Å². The Kier molecular flexibility index (Phi) is 3.97. The van der Waals surface area contributed by atoms with Gasteiger partial charge in [0, 0.05) is 14.1 Å². The zero-order valence-corrected chi connectivity index (χ0v) is 9.44. The van der Waals surface area contributed by atoms with Gasteiger partial charge in [-0.15, -0.1) is 0 Å². The van der Waals surface area contributed by atoms with Crippen molar-refractivity contribution in [2.45, 2.75) is 0 Å². The first-order valence-electron chi connectivity index (χ1n) is 4.80. The first-order chi connectivity index (χ1) is 7.93. The van der Waals surface area contributed by atoms with E-state index in [4.69, 9.17) is 0 Å². The predicted molar refractivity (Wildman–Crippen MR) is 60.2 cm³/mol. The summed E-state index contributed by atoms with van der Waals surface area (Å²) in [5, 5.41) is 13.2. The van der Waals surface area contributed by atoms with Crippen LogP contribution in [-0.4, -0.2) is 36.4 Å². The fraction of sp³-hybridized carbons (Fsp3) is 0.300. The molecule has 1 aromatic rings. The van der Waals surface area contributed by atoms with Gasteiger partial charge in [-0.3, -0.25) is 14.9 Å². The summed E-state index contributed by atoms with van der Waals surface area (Å²) in [5.74, 6) is -1.19. The SMILES string of the molecule is CN(C)C(=O)CNc1cccc(F)c1[N+](=O)[O-]. The third-order valence-corrected chi connectivity index (χ3v) is 2.10. The topological polar surface area (TPSA) is 75.5 Å². The molecule has 0 unspecified atom stereocenters. The highest BCUT2D eigenvalue weighted by molar-refractivity contribution is 5.81. The van der Waals surface area contributed by atoms with Gasteiger partial charge in [-0.25, -0.2) is 0 Å². The molecule has 1 rings (SSSR count). The molecular formula is C10H12FN3O3. The zero-order chi connectivity index (χ0) is 13.0. The van der Waals surface area contributed by atoms with Crippen LogP contribution >= 0.6 is 0 Å². The van der Waals surface area contributed by atoms with Crippen LogP contribution in [0.1, 0.15) is 0 Å². The Morgan fingerprint density at radius 3 is 2.71 bits per heavy atom. The maximum atomic E-state index is 13.2. The molecule has 0 atom stereocenters. The Morgan fingerprint density at radius 2 is 2.18 bits per heavy atom. The van der Waals surface area contributed by atoms with Crippen molar-refractivity contribution in [3.8, 4) is 0 Å². The van der Waals surface area contributed by atoms with Crippen LogP contribution in [0.4, 0.5) is 15.8 Å². The number of nitro groups is 1. The maximum Gasteiger partial charge on any atom is 0.327 e. The third-order valence-electron chi connectivity index (χ3n) is 2.10. The average molecular weight is 241 g/mol. The number of nitro benzene ring substituents is 1. The molecule has 0 fully saturated rings. The third kappa shape index (κ3) is 3.13. The molecule has 0 saturated heterocycles. The van der Waals surface area contributed by atoms with Crippen molar-refractivity contribution in [2.24, 2.45) is 0 Å². The summed E-state index contributed by atoms with van der Waals surface area (Å²) in [7, 11) is 3.12. The number of likely N-dealkylation sites (N-methyl/N-ethyl adjacent to an activating group) is 1. The van der Waals surface area contributed by atoms with E-state index in [-0.39, 0.29) is 18.1 Å². The van der Waals surface area contributed by atoms with Crippen LogP contribution in [0.5, 0.6) is 0 Å². The van der Waals surface area contributed by atoms with E-state index in [2.05, 4.69) is 5.32 Å². The Morgan fingerprint density at radius 1 is 1.53 bits per heavy atom. The minimum absolute atomic E-state index is 0.00907. The Balaban J connectivity index is 2.88. The molecule has 92 valence electrons. The standard InChI is InChI=1S/C10H12FN3O3/c1-13(2)9(15)6-12-8-5-3-4-7(11)10(8)14(16)17/h3-5,12H,6H2,1-2H3. The predicted octanol–water partition coefficient (Wildman–Crippen LogP) is 1.23. The van der Waals surface area contributed by atoms with Gasteiger partial charge >= 0.3 is 5.69 Å². The molecule has 0 saturated carbocycles. The van der Waals surface area contributed by atoms with Crippen molar-refractivity contribution < 1.29 is 14.1 Å². The lowest BCUT2D eigenvalue weighted by atomic mass is 10.2. The zero-order valence-electron chi connectivity index (χ0n) is 9.44. The minimum atomic E-state index is -0.933. The summed E-state index contributed by atoms with van der Waals surface area (Å²) in [6.45, 7) is -0.128. The molecule has 0 spiro atoms. The van der Waals surface area contributed by atoms with E-state index in [0.717, 1.165) is 6.07 Å². The van der Waals surface area contributed by atoms with Gasteiger partial charge in [0.25, 0.3) is 0 Å². The van der Waals surface area contributed by atoms with Crippen LogP contribution in [0, 0.1) is 15.9 Å². The number of nitrogens with one attached hydrogen (secondary N) is 1. The molecule has 6 nitrogen and oxygen atoms in total. The number of carbonyl (C=O) groups is 1. The molecule has 0 aliphatic rings. The van der Waals surface area contributed by atoms with E-state index in [0.29, 0.717) is 0 Å². The molecule has 17 heavy (non-hydrogen) atoms. The molecule has 0 aliphatic carbocycles. The fourth-order valence-electron chi connectivity index (χ4n) is 1.17. The van der Waals surface area contributed by atoms with Crippen molar-refractivity contribution in [3.05, 3.63) is 34.1 Å². The number of nitrogens with zero attached hydrogens (tertiary/aromatic N) is 2. The van der Waals surface area contributed by atoms with Gasteiger partial charge in [0.15, 0.2) is 0 Å². The van der Waals surface area contributed by atoms with Crippen LogP contribution < -0.4 is 5.32 Å². The summed E-state index contributed by atoms with van der Waals surface area (Å²) in [6, 6.07) is 3.69. The van der Waals surface area contributed by atoms with Crippen LogP contribution in [0.3, 0.4) is 0 Å². The Bertz CT molecular complexity index is 448. The van der Waals surface area contributed by atoms with Gasteiger partial charge < -0.3 is 10.2 Å². The average Bonchev–Trinajstić information content (AvgIpc) is 2.24. The van der Waals surface area contributed by atoms with Gasteiger partial charge in [-0.05, 0) is 12.1 Å². The summed E-state index contributed by atoms with van der Waals surface area (Å²) in [5.41, 5.74) is -0.663. The van der Waals surface area contributed by atoms with E-state index in [1.807, 2.05) is 0 Å². The van der Waals surface area contributed by atoms with Crippen molar-refractivity contribution in [3.63, 3.8) is 0 Å². The lowest BCUT2D eigenvalue weighted by Crippen LogP contribution is -2.28. The number of carbonyl (C=O) groups excluding carboxylic acids is 1. The van der Waals surface area contributed by atoms with Crippen molar-refractivity contribution in [1.82, 2.24) is 4.90 Å². The number of rotatable bonds is 4. The second-order valence-electron chi connectivity index (χ2n) is 3.53. The highest BCUT2D eigenvalue weighted by Crippen LogP contribution is 2.26. The molecule has 0 heterocycles. The van der Waals surface area contributed by atoms with Crippen molar-refractivity contribution >= 4 is 17.3 Å². The molecule has 0 radical (unpaired) electrons. The number of hydrogen-bond acceptors (Lipinski definition) is 4. The van der Waals surface area contributed by atoms with Gasteiger partial charge in [0.05, 0.1) is 11.5 Å².